The smallest absolute Gasteiger partial charge is 0.161 e. The standard InChI is InChI=1S/C28H31NO4/c1-30-25-14-19-10-11-29-23(12-18-8-6-5-7-9-18)22-17-28(33-4)26(31-2)15-20(22)13-24(29)21(19)16-27(25)32-3/h5-9,14-17,23-24H,10-13H2,1-4H3/t23-,24-/m1/s1. The molecule has 3 aromatic carbocycles. The molecule has 0 radical (unpaired) electrons. The highest BCUT2D eigenvalue weighted by Gasteiger charge is 2.39. The van der Waals surface area contributed by atoms with Crippen LogP contribution >= 0.6 is 0 Å². The molecule has 0 bridgehead atoms. The van der Waals surface area contributed by atoms with Crippen LogP contribution in [-0.4, -0.2) is 39.9 Å². The molecular formula is C28H31NO4. The average molecular weight is 446 g/mol. The van der Waals surface area contributed by atoms with Crippen LogP contribution in [0, 0.1) is 0 Å². The van der Waals surface area contributed by atoms with Gasteiger partial charge in [0.25, 0.3) is 0 Å². The first-order valence-electron chi connectivity index (χ1n) is 11.5. The van der Waals surface area contributed by atoms with Crippen molar-refractivity contribution in [3.05, 3.63) is 82.4 Å². The van der Waals surface area contributed by atoms with Crippen LogP contribution < -0.4 is 18.9 Å². The maximum absolute atomic E-state index is 5.68. The lowest BCUT2D eigenvalue weighted by Gasteiger charge is -2.47. The van der Waals surface area contributed by atoms with Gasteiger partial charge in [0.2, 0.25) is 0 Å². The second-order valence-corrected chi connectivity index (χ2v) is 8.73. The zero-order valence-electron chi connectivity index (χ0n) is 19.8. The molecule has 5 nitrogen and oxygen atoms in total. The molecule has 0 N–H and O–H groups in total. The maximum Gasteiger partial charge on any atom is 0.161 e. The van der Waals surface area contributed by atoms with Crippen molar-refractivity contribution in [3.8, 4) is 23.0 Å². The van der Waals surface area contributed by atoms with E-state index in [1.54, 1.807) is 28.4 Å². The first kappa shape index (κ1) is 21.7. The molecule has 2 heterocycles. The number of rotatable bonds is 6. The molecule has 0 saturated carbocycles. The number of ether oxygens (including phenoxy) is 4. The minimum absolute atomic E-state index is 0.252. The van der Waals surface area contributed by atoms with Gasteiger partial charge in [0, 0.05) is 18.6 Å². The molecule has 0 fully saturated rings. The Hall–Kier alpha value is -3.18. The van der Waals surface area contributed by atoms with Gasteiger partial charge in [-0.15, -0.1) is 0 Å². The summed E-state index contributed by atoms with van der Waals surface area (Å²) in [6.07, 6.45) is 2.85. The van der Waals surface area contributed by atoms with Crippen molar-refractivity contribution in [1.82, 2.24) is 4.90 Å². The van der Waals surface area contributed by atoms with Crippen LogP contribution in [0.1, 0.15) is 39.9 Å². The van der Waals surface area contributed by atoms with Crippen molar-refractivity contribution in [1.29, 1.82) is 0 Å². The summed E-state index contributed by atoms with van der Waals surface area (Å²) in [7, 11) is 6.81. The van der Waals surface area contributed by atoms with Crippen LogP contribution in [0.4, 0.5) is 0 Å². The lowest BCUT2D eigenvalue weighted by molar-refractivity contribution is 0.106. The Kier molecular flexibility index (Phi) is 5.90. The quantitative estimate of drug-likeness (QED) is 0.524. The molecule has 2 aliphatic rings. The molecule has 3 aromatic rings. The molecule has 0 aromatic heterocycles. The number of nitrogens with zero attached hydrogens (tertiary/aromatic N) is 1. The Morgan fingerprint density at radius 2 is 1.30 bits per heavy atom. The van der Waals surface area contributed by atoms with Gasteiger partial charge < -0.3 is 18.9 Å². The average Bonchev–Trinajstić information content (AvgIpc) is 2.87. The largest absolute Gasteiger partial charge is 0.493 e. The fourth-order valence-corrected chi connectivity index (χ4v) is 5.52. The van der Waals surface area contributed by atoms with Crippen molar-refractivity contribution in [2.75, 3.05) is 35.0 Å². The molecule has 33 heavy (non-hydrogen) atoms. The number of methoxy groups -OCH3 is 4. The van der Waals surface area contributed by atoms with Gasteiger partial charge in [-0.05, 0) is 71.3 Å². The van der Waals surface area contributed by atoms with E-state index in [1.165, 1.54) is 27.8 Å². The summed E-state index contributed by atoms with van der Waals surface area (Å²) in [5, 5.41) is 0. The van der Waals surface area contributed by atoms with Crippen molar-refractivity contribution in [3.63, 3.8) is 0 Å². The summed E-state index contributed by atoms with van der Waals surface area (Å²) >= 11 is 0. The molecule has 0 unspecified atom stereocenters. The topological polar surface area (TPSA) is 40.2 Å². The summed E-state index contributed by atoms with van der Waals surface area (Å²) < 4.78 is 22.6. The summed E-state index contributed by atoms with van der Waals surface area (Å²) in [5.41, 5.74) is 6.66. The van der Waals surface area contributed by atoms with Gasteiger partial charge >= 0.3 is 0 Å². The third-order valence-electron chi connectivity index (χ3n) is 7.13. The third-order valence-corrected chi connectivity index (χ3v) is 7.13. The predicted octanol–water partition coefficient (Wildman–Crippen LogP) is 5.16. The molecule has 0 amide bonds. The van der Waals surface area contributed by atoms with E-state index < -0.39 is 0 Å². The van der Waals surface area contributed by atoms with E-state index in [2.05, 4.69) is 59.5 Å². The van der Waals surface area contributed by atoms with Gasteiger partial charge in [0.1, 0.15) is 0 Å². The first-order valence-corrected chi connectivity index (χ1v) is 11.5. The third kappa shape index (κ3) is 3.80. The van der Waals surface area contributed by atoms with E-state index in [0.29, 0.717) is 0 Å². The Morgan fingerprint density at radius 1 is 0.727 bits per heavy atom. The summed E-state index contributed by atoms with van der Waals surface area (Å²) in [6.45, 7) is 0.998. The highest BCUT2D eigenvalue weighted by Crippen LogP contribution is 2.49. The van der Waals surface area contributed by atoms with Crippen LogP contribution in [0.3, 0.4) is 0 Å². The Labute approximate surface area is 195 Å². The predicted molar refractivity (Wildman–Crippen MR) is 129 cm³/mol. The van der Waals surface area contributed by atoms with E-state index in [9.17, 15) is 0 Å². The summed E-state index contributed by atoms with van der Waals surface area (Å²) in [4.78, 5) is 2.66. The SMILES string of the molecule is COc1cc2c(cc1OC)[C@@H](Cc1ccccc1)N1CCc3cc(OC)c(OC)cc3[C@H]1C2. The van der Waals surface area contributed by atoms with Gasteiger partial charge in [-0.25, -0.2) is 0 Å². The molecule has 0 spiro atoms. The van der Waals surface area contributed by atoms with E-state index in [0.717, 1.165) is 48.8 Å². The van der Waals surface area contributed by atoms with Gasteiger partial charge in [-0.3, -0.25) is 4.90 Å². The first-order chi connectivity index (χ1) is 16.2. The van der Waals surface area contributed by atoms with Crippen LogP contribution in [0.2, 0.25) is 0 Å². The minimum Gasteiger partial charge on any atom is -0.493 e. The van der Waals surface area contributed by atoms with E-state index >= 15 is 0 Å². The lowest BCUT2D eigenvalue weighted by atomic mass is 9.79. The molecule has 5 heteroatoms. The van der Waals surface area contributed by atoms with Crippen LogP contribution in [-0.2, 0) is 19.3 Å². The summed E-state index contributed by atoms with van der Waals surface area (Å²) in [6, 6.07) is 20.0. The zero-order valence-corrected chi connectivity index (χ0v) is 19.8. The normalized spacial score (nSPS) is 19.2. The molecular weight excluding hydrogens is 414 g/mol. The molecule has 5 rings (SSSR count). The summed E-state index contributed by atoms with van der Waals surface area (Å²) in [5.74, 6) is 3.16. The van der Waals surface area contributed by atoms with Crippen LogP contribution in [0.15, 0.2) is 54.6 Å². The Morgan fingerprint density at radius 3 is 1.94 bits per heavy atom. The number of fused-ring (bicyclic) bond motifs is 4. The molecule has 2 aliphatic heterocycles. The second-order valence-electron chi connectivity index (χ2n) is 8.73. The van der Waals surface area contributed by atoms with E-state index in [1.807, 2.05) is 0 Å². The minimum atomic E-state index is 0.252. The van der Waals surface area contributed by atoms with Crippen molar-refractivity contribution in [2.24, 2.45) is 0 Å². The molecule has 2 atom stereocenters. The Balaban J connectivity index is 1.63. The number of hydrogen-bond acceptors (Lipinski definition) is 5. The van der Waals surface area contributed by atoms with Gasteiger partial charge in [0.05, 0.1) is 28.4 Å². The maximum atomic E-state index is 5.68. The fourth-order valence-electron chi connectivity index (χ4n) is 5.52. The van der Waals surface area contributed by atoms with Crippen molar-refractivity contribution >= 4 is 0 Å². The van der Waals surface area contributed by atoms with E-state index in [-0.39, 0.29) is 12.1 Å². The van der Waals surface area contributed by atoms with Crippen LogP contribution in [0.25, 0.3) is 0 Å². The van der Waals surface area contributed by atoms with Gasteiger partial charge in [0.15, 0.2) is 23.0 Å². The fraction of sp³-hybridized carbons (Fsp3) is 0.357. The second kappa shape index (κ2) is 8.99. The highest BCUT2D eigenvalue weighted by molar-refractivity contribution is 5.54. The lowest BCUT2D eigenvalue weighted by Crippen LogP contribution is -2.43. The number of benzene rings is 3. The number of hydrogen-bond donors (Lipinski definition) is 0. The van der Waals surface area contributed by atoms with Crippen LogP contribution in [0.5, 0.6) is 23.0 Å². The monoisotopic (exact) mass is 445 g/mol. The molecule has 172 valence electrons. The zero-order chi connectivity index (χ0) is 22.9. The van der Waals surface area contributed by atoms with Crippen molar-refractivity contribution < 1.29 is 18.9 Å². The van der Waals surface area contributed by atoms with Crippen molar-refractivity contribution in [2.45, 2.75) is 31.3 Å². The van der Waals surface area contributed by atoms with Gasteiger partial charge in [-0.1, -0.05) is 30.3 Å². The Bertz CT molecular complexity index is 1140. The highest BCUT2D eigenvalue weighted by atomic mass is 16.5. The van der Waals surface area contributed by atoms with Gasteiger partial charge in [-0.2, -0.15) is 0 Å². The van der Waals surface area contributed by atoms with E-state index in [4.69, 9.17) is 18.9 Å². The molecule has 0 saturated heterocycles. The molecule has 0 aliphatic carbocycles.